The number of nitriles is 1. The second-order valence-corrected chi connectivity index (χ2v) is 17.8. The zero-order chi connectivity index (χ0) is 41.5. The van der Waals surface area contributed by atoms with Crippen molar-refractivity contribution >= 4 is 52.8 Å². The van der Waals surface area contributed by atoms with Gasteiger partial charge in [0.15, 0.2) is 0 Å². The molecule has 60 heavy (non-hydrogen) atoms. The first-order chi connectivity index (χ1) is 29.0. The highest BCUT2D eigenvalue weighted by molar-refractivity contribution is 6.31. The van der Waals surface area contributed by atoms with Crippen LogP contribution in [0, 0.1) is 22.7 Å². The van der Waals surface area contributed by atoms with Crippen molar-refractivity contribution < 1.29 is 28.7 Å². The van der Waals surface area contributed by atoms with Gasteiger partial charge in [-0.05, 0) is 107 Å². The number of hydrogen-bond donors (Lipinski definition) is 2. The first-order valence-electron chi connectivity index (χ1n) is 21.1. The molecule has 1 aliphatic carbocycles. The number of hydrogen-bond acceptors (Lipinski definition) is 12. The third kappa shape index (κ3) is 8.02. The van der Waals surface area contributed by atoms with E-state index in [4.69, 9.17) is 21.6 Å². The lowest BCUT2D eigenvalue weighted by molar-refractivity contribution is -0.136. The number of ether oxygens (including phenoxy) is 1. The maximum atomic E-state index is 13.3. The third-order valence-corrected chi connectivity index (χ3v) is 13.8. The van der Waals surface area contributed by atoms with Gasteiger partial charge in [0.05, 0.1) is 33.4 Å². The predicted molar refractivity (Wildman–Crippen MR) is 221 cm³/mol. The van der Waals surface area contributed by atoms with E-state index in [0.717, 1.165) is 108 Å². The van der Waals surface area contributed by atoms with Crippen molar-refractivity contribution in [1.82, 2.24) is 30.4 Å². The van der Waals surface area contributed by atoms with Gasteiger partial charge < -0.3 is 24.8 Å². The average Bonchev–Trinajstić information content (AvgIpc) is 3.49. The summed E-state index contributed by atoms with van der Waals surface area (Å²) in [5.74, 6) is -0.205. The van der Waals surface area contributed by atoms with Crippen LogP contribution in [0.15, 0.2) is 48.8 Å². The number of rotatable bonds is 9. The monoisotopic (exact) mass is 833 g/mol. The van der Waals surface area contributed by atoms with Crippen molar-refractivity contribution in [3.8, 4) is 11.8 Å². The summed E-state index contributed by atoms with van der Waals surface area (Å²) in [5.41, 5.74) is 2.66. The van der Waals surface area contributed by atoms with Gasteiger partial charge in [-0.25, -0.2) is 9.97 Å². The molecule has 2 aromatic carbocycles. The summed E-state index contributed by atoms with van der Waals surface area (Å²) in [6.07, 6.45) is 11.1. The highest BCUT2D eigenvalue weighted by atomic mass is 35.5. The van der Waals surface area contributed by atoms with Crippen molar-refractivity contribution in [1.29, 1.82) is 5.26 Å². The summed E-state index contributed by atoms with van der Waals surface area (Å²) in [7, 11) is 0. The van der Waals surface area contributed by atoms with E-state index in [0.29, 0.717) is 44.9 Å². The number of anilines is 2. The summed E-state index contributed by atoms with van der Waals surface area (Å²) in [5, 5.41) is 14.9. The van der Waals surface area contributed by atoms with E-state index >= 15 is 0 Å². The first kappa shape index (κ1) is 39.8. The molecule has 2 N–H and O–H groups in total. The third-order valence-electron chi connectivity index (χ3n) is 13.4. The SMILES string of the molecule is N#Cc1ccc(O[C@H]2CC[C@H](NC(=O)c3cnc(N4CCC(CN5CCC6(CC5)CN(c5ccc7c(c5)C(=O)N(C5CCC(=O)NC5=O)C7=O)C6)CC4)nc3)CC2)cc1Cl. The molecule has 4 saturated heterocycles. The fraction of sp³-hybridized carbons (Fsp3) is 0.500. The summed E-state index contributed by atoms with van der Waals surface area (Å²) >= 11 is 6.15. The fourth-order valence-electron chi connectivity index (χ4n) is 9.86. The quantitative estimate of drug-likeness (QED) is 0.292. The molecule has 5 amide bonds. The van der Waals surface area contributed by atoms with Crippen molar-refractivity contribution in [2.75, 3.05) is 55.6 Å². The lowest BCUT2D eigenvalue weighted by Gasteiger charge is -2.55. The minimum absolute atomic E-state index is 0.0278. The Bertz CT molecular complexity index is 2230. The van der Waals surface area contributed by atoms with Crippen LogP contribution in [-0.4, -0.2) is 113 Å². The van der Waals surface area contributed by atoms with Crippen molar-refractivity contribution in [2.45, 2.75) is 82.4 Å². The molecule has 15 nitrogen and oxygen atoms in total. The number of benzene rings is 2. The molecule has 312 valence electrons. The molecule has 1 atom stereocenters. The Balaban J connectivity index is 0.683. The number of likely N-dealkylation sites (tertiary alicyclic amines) is 1. The standard InChI is InChI=1S/C44H48ClN9O6/c45-36-20-33(5-1-28(36)21-46)60-32-6-2-30(3-7-32)49-39(56)29-22-47-43(48-23-29)52-15-11-27(12-16-52)24-51-17-13-44(14-18-51)25-53(26-44)31-4-8-34-35(19-31)42(59)54(41(34)58)37-9-10-38(55)50-40(37)57/h1,4-5,8,19-20,22-23,27,30,32,37H,2-3,6-7,9-18,24-26H2,(H,49,56)(H,50,55,57)/t30-,32-,37?. The Morgan fingerprint density at radius 2 is 1.60 bits per heavy atom. The number of imide groups is 2. The molecule has 6 aliphatic rings. The highest BCUT2D eigenvalue weighted by Crippen LogP contribution is 2.44. The Morgan fingerprint density at radius 1 is 0.883 bits per heavy atom. The number of carbonyl (C=O) groups excluding carboxylic acids is 5. The maximum absolute atomic E-state index is 13.3. The van der Waals surface area contributed by atoms with Crippen molar-refractivity contribution in [3.63, 3.8) is 0 Å². The summed E-state index contributed by atoms with van der Waals surface area (Å²) in [6, 6.07) is 11.6. The number of piperidine rings is 3. The van der Waals surface area contributed by atoms with Crippen LogP contribution >= 0.6 is 11.6 Å². The van der Waals surface area contributed by atoms with E-state index in [2.05, 4.69) is 41.4 Å². The van der Waals surface area contributed by atoms with Crippen LogP contribution in [0.3, 0.4) is 0 Å². The molecule has 16 heteroatoms. The zero-order valence-electron chi connectivity index (χ0n) is 33.4. The number of nitrogens with zero attached hydrogens (tertiary/aromatic N) is 7. The molecule has 6 heterocycles. The van der Waals surface area contributed by atoms with Gasteiger partial charge in [0.25, 0.3) is 17.7 Å². The molecule has 0 radical (unpaired) electrons. The van der Waals surface area contributed by atoms with Gasteiger partial charge in [-0.3, -0.25) is 34.2 Å². The molecule has 5 aliphatic heterocycles. The molecule has 9 rings (SSSR count). The predicted octanol–water partition coefficient (Wildman–Crippen LogP) is 4.34. The van der Waals surface area contributed by atoms with Crippen LogP contribution in [0.4, 0.5) is 11.6 Å². The number of nitrogens with one attached hydrogen (secondary N) is 2. The van der Waals surface area contributed by atoms with Crippen molar-refractivity contribution in [3.05, 3.63) is 76.1 Å². The van der Waals surface area contributed by atoms with Gasteiger partial charge in [0.2, 0.25) is 17.8 Å². The average molecular weight is 834 g/mol. The number of halogens is 1. The van der Waals surface area contributed by atoms with Gasteiger partial charge in [0.1, 0.15) is 17.9 Å². The smallest absolute Gasteiger partial charge is 0.262 e. The van der Waals surface area contributed by atoms with Gasteiger partial charge in [-0.2, -0.15) is 5.26 Å². The minimum atomic E-state index is -0.966. The van der Waals surface area contributed by atoms with Crippen LogP contribution in [0.2, 0.25) is 5.02 Å². The normalized spacial score (nSPS) is 24.5. The lowest BCUT2D eigenvalue weighted by Crippen LogP contribution is -2.60. The molecule has 1 saturated carbocycles. The molecular formula is C44H48ClN9O6. The Hall–Kier alpha value is -5.59. The van der Waals surface area contributed by atoms with E-state index in [1.165, 1.54) is 0 Å². The molecule has 1 spiro atoms. The first-order valence-corrected chi connectivity index (χ1v) is 21.5. The van der Waals surface area contributed by atoms with Gasteiger partial charge in [-0.15, -0.1) is 0 Å². The number of amides is 5. The molecule has 1 unspecified atom stereocenters. The van der Waals surface area contributed by atoms with Gasteiger partial charge in [0, 0.05) is 74.7 Å². The second kappa shape index (κ2) is 16.5. The van der Waals surface area contributed by atoms with Crippen LogP contribution in [0.25, 0.3) is 0 Å². The van der Waals surface area contributed by atoms with Crippen LogP contribution in [0.1, 0.15) is 101 Å². The van der Waals surface area contributed by atoms with E-state index in [1.807, 2.05) is 6.07 Å². The lowest BCUT2D eigenvalue weighted by atomic mass is 9.71. The second-order valence-electron chi connectivity index (χ2n) is 17.4. The number of fused-ring (bicyclic) bond motifs is 1. The van der Waals surface area contributed by atoms with E-state index in [9.17, 15) is 24.0 Å². The van der Waals surface area contributed by atoms with E-state index in [1.54, 1.807) is 42.7 Å². The van der Waals surface area contributed by atoms with Gasteiger partial charge >= 0.3 is 0 Å². The highest BCUT2D eigenvalue weighted by Gasteiger charge is 2.47. The van der Waals surface area contributed by atoms with Crippen LogP contribution in [0.5, 0.6) is 5.75 Å². The van der Waals surface area contributed by atoms with Crippen LogP contribution in [-0.2, 0) is 9.59 Å². The molecule has 1 aromatic heterocycles. The number of aromatic nitrogens is 2. The fourth-order valence-corrected chi connectivity index (χ4v) is 10.1. The topological polar surface area (TPSA) is 181 Å². The van der Waals surface area contributed by atoms with E-state index < -0.39 is 23.8 Å². The molecular weight excluding hydrogens is 786 g/mol. The summed E-state index contributed by atoms with van der Waals surface area (Å²) < 4.78 is 6.09. The largest absolute Gasteiger partial charge is 0.490 e. The van der Waals surface area contributed by atoms with E-state index in [-0.39, 0.29) is 42.2 Å². The summed E-state index contributed by atoms with van der Waals surface area (Å²) in [6.45, 7) is 6.77. The minimum Gasteiger partial charge on any atom is -0.490 e. The van der Waals surface area contributed by atoms with Gasteiger partial charge in [-0.1, -0.05) is 11.6 Å². The molecule has 0 bridgehead atoms. The Morgan fingerprint density at radius 3 is 2.28 bits per heavy atom. The van der Waals surface area contributed by atoms with Crippen molar-refractivity contribution in [2.24, 2.45) is 11.3 Å². The maximum Gasteiger partial charge on any atom is 0.262 e. The number of carbonyl (C=O) groups is 5. The molecule has 3 aromatic rings. The molecule has 5 fully saturated rings. The summed E-state index contributed by atoms with van der Waals surface area (Å²) in [4.78, 5) is 80.8. The zero-order valence-corrected chi connectivity index (χ0v) is 34.2. The Labute approximate surface area is 353 Å². The Kier molecular flexibility index (Phi) is 10.9. The van der Waals surface area contributed by atoms with Crippen LogP contribution < -0.4 is 25.2 Å².